The van der Waals surface area contributed by atoms with Crippen molar-refractivity contribution in [3.05, 3.63) is 56.9 Å². The van der Waals surface area contributed by atoms with Crippen molar-refractivity contribution < 1.29 is 14.3 Å². The first-order valence-electron chi connectivity index (χ1n) is 8.91. The summed E-state index contributed by atoms with van der Waals surface area (Å²) in [6, 6.07) is 10.5. The van der Waals surface area contributed by atoms with Gasteiger partial charge in [0, 0.05) is 5.02 Å². The third kappa shape index (κ3) is 4.89. The summed E-state index contributed by atoms with van der Waals surface area (Å²) in [7, 11) is 1.59. The Morgan fingerprint density at radius 1 is 1.21 bits per heavy atom. The van der Waals surface area contributed by atoms with Crippen LogP contribution in [0.25, 0.3) is 6.08 Å². The molecule has 1 atom stereocenters. The number of nitrogens with zero attached hydrogens (tertiary/aromatic N) is 1. The van der Waals surface area contributed by atoms with E-state index in [1.165, 1.54) is 16.7 Å². The van der Waals surface area contributed by atoms with Crippen LogP contribution in [0.1, 0.15) is 25.8 Å². The van der Waals surface area contributed by atoms with Crippen LogP contribution in [0, 0.1) is 0 Å². The van der Waals surface area contributed by atoms with E-state index in [-0.39, 0.29) is 12.0 Å². The number of hydrogen-bond donors (Lipinski definition) is 0. The standard InChI is InChI=1S/C21H19Cl2NO3S2/c1-4-12(2)27-17-8-5-13(9-18(17)26-3)10-19-20(25)24(21(28)29-19)16-7-6-14(22)11-15(16)23/h5-12H,4H2,1-3H3/b19-10+/t12-/m1/s1. The Morgan fingerprint density at radius 3 is 2.62 bits per heavy atom. The normalized spacial score (nSPS) is 16.4. The molecule has 1 amide bonds. The van der Waals surface area contributed by atoms with Gasteiger partial charge in [-0.3, -0.25) is 9.69 Å². The molecule has 0 N–H and O–H groups in total. The number of amides is 1. The lowest BCUT2D eigenvalue weighted by atomic mass is 10.1. The van der Waals surface area contributed by atoms with Crippen LogP contribution in [0.15, 0.2) is 41.3 Å². The second-order valence-corrected chi connectivity index (χ2v) is 8.88. The maximum absolute atomic E-state index is 13.0. The highest BCUT2D eigenvalue weighted by Gasteiger charge is 2.34. The van der Waals surface area contributed by atoms with Gasteiger partial charge in [0.25, 0.3) is 5.91 Å². The summed E-state index contributed by atoms with van der Waals surface area (Å²) >= 11 is 18.8. The highest BCUT2D eigenvalue weighted by atomic mass is 35.5. The minimum absolute atomic E-state index is 0.0788. The van der Waals surface area contributed by atoms with E-state index in [0.717, 1.165) is 12.0 Å². The lowest BCUT2D eigenvalue weighted by Crippen LogP contribution is -2.27. The van der Waals surface area contributed by atoms with Gasteiger partial charge in [0.05, 0.1) is 28.8 Å². The number of thioether (sulfide) groups is 1. The summed E-state index contributed by atoms with van der Waals surface area (Å²) in [5, 5.41) is 0.856. The van der Waals surface area contributed by atoms with Gasteiger partial charge in [0.15, 0.2) is 15.8 Å². The van der Waals surface area contributed by atoms with Gasteiger partial charge in [-0.15, -0.1) is 0 Å². The van der Waals surface area contributed by atoms with Gasteiger partial charge in [-0.2, -0.15) is 0 Å². The van der Waals surface area contributed by atoms with Crippen molar-refractivity contribution in [2.45, 2.75) is 26.4 Å². The molecule has 0 aromatic heterocycles. The van der Waals surface area contributed by atoms with E-state index in [0.29, 0.717) is 36.5 Å². The van der Waals surface area contributed by atoms with Crippen LogP contribution < -0.4 is 14.4 Å². The average molecular weight is 468 g/mol. The fourth-order valence-corrected chi connectivity index (χ4v) is 4.44. The maximum atomic E-state index is 13.0. The van der Waals surface area contributed by atoms with Crippen molar-refractivity contribution in [3.8, 4) is 11.5 Å². The minimum atomic E-state index is -0.233. The molecule has 1 heterocycles. The van der Waals surface area contributed by atoms with Crippen molar-refractivity contribution in [3.63, 3.8) is 0 Å². The van der Waals surface area contributed by atoms with Crippen molar-refractivity contribution >= 4 is 69.2 Å². The first kappa shape index (κ1) is 22.0. The topological polar surface area (TPSA) is 38.8 Å². The Kier molecular flexibility index (Phi) is 7.11. The molecular weight excluding hydrogens is 449 g/mol. The molecule has 2 aromatic rings. The Hall–Kier alpha value is -1.73. The van der Waals surface area contributed by atoms with Crippen LogP contribution in [-0.4, -0.2) is 23.4 Å². The summed E-state index contributed by atoms with van der Waals surface area (Å²) in [6.45, 7) is 4.06. The first-order chi connectivity index (χ1) is 13.8. The number of benzene rings is 2. The Bertz CT molecular complexity index is 994. The maximum Gasteiger partial charge on any atom is 0.270 e. The first-order valence-corrected chi connectivity index (χ1v) is 10.9. The fourth-order valence-electron chi connectivity index (χ4n) is 2.66. The number of hydrogen-bond acceptors (Lipinski definition) is 5. The predicted octanol–water partition coefficient (Wildman–Crippen LogP) is 6.59. The molecule has 1 aliphatic heterocycles. The zero-order chi connectivity index (χ0) is 21.1. The fraction of sp³-hybridized carbons (Fsp3) is 0.238. The highest BCUT2D eigenvalue weighted by Crippen LogP contribution is 2.40. The second-order valence-electron chi connectivity index (χ2n) is 6.36. The Labute approximate surface area is 189 Å². The molecule has 1 fully saturated rings. The molecule has 0 bridgehead atoms. The van der Waals surface area contributed by atoms with Crippen LogP contribution >= 0.6 is 47.2 Å². The zero-order valence-electron chi connectivity index (χ0n) is 16.1. The van der Waals surface area contributed by atoms with Crippen LogP contribution in [0.2, 0.25) is 10.0 Å². The Morgan fingerprint density at radius 2 is 1.97 bits per heavy atom. The number of carbonyl (C=O) groups is 1. The van der Waals surface area contributed by atoms with E-state index >= 15 is 0 Å². The largest absolute Gasteiger partial charge is 0.493 e. The summed E-state index contributed by atoms with van der Waals surface area (Å²) in [5.41, 5.74) is 1.32. The van der Waals surface area contributed by atoms with Gasteiger partial charge >= 0.3 is 0 Å². The summed E-state index contributed by atoms with van der Waals surface area (Å²) in [4.78, 5) is 14.9. The van der Waals surface area contributed by atoms with Gasteiger partial charge in [-0.05, 0) is 55.3 Å². The molecule has 8 heteroatoms. The van der Waals surface area contributed by atoms with Crippen LogP contribution in [-0.2, 0) is 4.79 Å². The summed E-state index contributed by atoms with van der Waals surface area (Å²) in [6.07, 6.45) is 2.74. The molecule has 3 rings (SSSR count). The molecule has 29 heavy (non-hydrogen) atoms. The molecule has 2 aromatic carbocycles. The molecule has 0 saturated carbocycles. The molecule has 0 unspecified atom stereocenters. The SMILES string of the molecule is CC[C@@H](C)Oc1ccc(/C=C2/SC(=S)N(c3ccc(Cl)cc3Cl)C2=O)cc1OC. The highest BCUT2D eigenvalue weighted by molar-refractivity contribution is 8.27. The number of ether oxygens (including phenoxy) is 2. The number of rotatable bonds is 6. The van der Waals surface area contributed by atoms with E-state index in [1.54, 1.807) is 31.4 Å². The van der Waals surface area contributed by atoms with Crippen molar-refractivity contribution in [1.82, 2.24) is 0 Å². The summed E-state index contributed by atoms with van der Waals surface area (Å²) in [5.74, 6) is 1.04. The number of methoxy groups -OCH3 is 1. The van der Waals surface area contributed by atoms with E-state index in [4.69, 9.17) is 44.9 Å². The zero-order valence-corrected chi connectivity index (χ0v) is 19.2. The number of thiocarbonyl (C=S) groups is 1. The third-order valence-corrected chi connectivity index (χ3v) is 6.17. The minimum Gasteiger partial charge on any atom is -0.493 e. The van der Waals surface area contributed by atoms with Crippen molar-refractivity contribution in [1.29, 1.82) is 0 Å². The number of carbonyl (C=O) groups excluding carboxylic acids is 1. The molecule has 1 saturated heterocycles. The molecule has 0 spiro atoms. The van der Waals surface area contributed by atoms with E-state index in [2.05, 4.69) is 6.92 Å². The summed E-state index contributed by atoms with van der Waals surface area (Å²) < 4.78 is 11.7. The van der Waals surface area contributed by atoms with Gasteiger partial charge in [0.1, 0.15) is 0 Å². The second kappa shape index (κ2) is 9.39. The van der Waals surface area contributed by atoms with Crippen molar-refractivity contribution in [2.75, 3.05) is 12.0 Å². The van der Waals surface area contributed by atoms with Gasteiger partial charge in [0.2, 0.25) is 0 Å². The quantitative estimate of drug-likeness (QED) is 0.354. The Balaban J connectivity index is 1.89. The smallest absolute Gasteiger partial charge is 0.270 e. The number of halogens is 2. The lowest BCUT2D eigenvalue weighted by molar-refractivity contribution is -0.113. The molecular formula is C21H19Cl2NO3S2. The van der Waals surface area contributed by atoms with Crippen LogP contribution in [0.5, 0.6) is 11.5 Å². The molecule has 4 nitrogen and oxygen atoms in total. The molecule has 152 valence electrons. The van der Waals surface area contributed by atoms with Gasteiger partial charge < -0.3 is 9.47 Å². The number of anilines is 1. The lowest BCUT2D eigenvalue weighted by Gasteiger charge is -2.16. The van der Waals surface area contributed by atoms with E-state index < -0.39 is 0 Å². The molecule has 0 radical (unpaired) electrons. The van der Waals surface area contributed by atoms with E-state index in [9.17, 15) is 4.79 Å². The third-order valence-electron chi connectivity index (χ3n) is 4.33. The average Bonchev–Trinajstić information content (AvgIpc) is 2.96. The van der Waals surface area contributed by atoms with Crippen LogP contribution in [0.4, 0.5) is 5.69 Å². The van der Waals surface area contributed by atoms with Gasteiger partial charge in [-0.25, -0.2) is 0 Å². The monoisotopic (exact) mass is 467 g/mol. The van der Waals surface area contributed by atoms with Crippen LogP contribution in [0.3, 0.4) is 0 Å². The van der Waals surface area contributed by atoms with E-state index in [1.807, 2.05) is 25.1 Å². The van der Waals surface area contributed by atoms with Gasteiger partial charge in [-0.1, -0.05) is 60.2 Å². The van der Waals surface area contributed by atoms with Crippen molar-refractivity contribution in [2.24, 2.45) is 0 Å². The molecule has 0 aliphatic carbocycles. The predicted molar refractivity (Wildman–Crippen MR) is 125 cm³/mol. The molecule has 1 aliphatic rings.